The Bertz CT molecular complexity index is 1270. The molecule has 35 heavy (non-hydrogen) atoms. The van der Waals surface area contributed by atoms with Gasteiger partial charge < -0.3 is 9.80 Å². The van der Waals surface area contributed by atoms with Crippen LogP contribution in [-0.2, 0) is 11.2 Å². The molecule has 1 aliphatic heterocycles. The van der Waals surface area contributed by atoms with E-state index in [9.17, 15) is 19.3 Å². The highest BCUT2D eigenvalue weighted by Crippen LogP contribution is 2.25. The zero-order valence-electron chi connectivity index (χ0n) is 19.6. The summed E-state index contributed by atoms with van der Waals surface area (Å²) in [7, 11) is 0. The first kappa shape index (κ1) is 24.0. The van der Waals surface area contributed by atoms with Crippen molar-refractivity contribution in [3.8, 4) is 0 Å². The van der Waals surface area contributed by atoms with Crippen molar-refractivity contribution in [2.24, 2.45) is 0 Å². The van der Waals surface area contributed by atoms with Crippen molar-refractivity contribution in [1.82, 2.24) is 14.9 Å². The highest BCUT2D eigenvalue weighted by Gasteiger charge is 2.24. The first-order chi connectivity index (χ1) is 16.8. The molecule has 0 aliphatic carbocycles. The first-order valence-electron chi connectivity index (χ1n) is 11.3. The normalized spacial score (nSPS) is 13.9. The van der Waals surface area contributed by atoms with E-state index < -0.39 is 4.92 Å². The maximum absolute atomic E-state index is 13.7. The second-order valence-corrected chi connectivity index (χ2v) is 8.46. The number of nitro groups is 1. The van der Waals surface area contributed by atoms with E-state index in [0.717, 1.165) is 28.2 Å². The van der Waals surface area contributed by atoms with Crippen molar-refractivity contribution < 1.29 is 14.1 Å². The van der Waals surface area contributed by atoms with Crippen molar-refractivity contribution in [2.75, 3.05) is 31.1 Å². The Morgan fingerprint density at radius 2 is 1.80 bits per heavy atom. The monoisotopic (exact) mass is 475 g/mol. The van der Waals surface area contributed by atoms with Crippen molar-refractivity contribution in [3.63, 3.8) is 0 Å². The predicted octanol–water partition coefficient (Wildman–Crippen LogP) is 4.09. The first-order valence-corrected chi connectivity index (χ1v) is 11.3. The fourth-order valence-corrected chi connectivity index (χ4v) is 4.16. The van der Waals surface area contributed by atoms with Gasteiger partial charge in [0.25, 0.3) is 5.69 Å². The van der Waals surface area contributed by atoms with Crippen LogP contribution < -0.4 is 4.90 Å². The number of halogens is 1. The van der Waals surface area contributed by atoms with Crippen LogP contribution in [0.3, 0.4) is 0 Å². The second kappa shape index (κ2) is 10.4. The summed E-state index contributed by atoms with van der Waals surface area (Å²) in [6.45, 7) is 6.09. The molecule has 1 fully saturated rings. The number of carbonyl (C=O) groups is 1. The van der Waals surface area contributed by atoms with Crippen molar-refractivity contribution in [3.05, 3.63) is 98.7 Å². The lowest BCUT2D eigenvalue weighted by Crippen LogP contribution is -2.49. The minimum atomic E-state index is -0.456. The average Bonchev–Trinajstić information content (AvgIpc) is 2.84. The van der Waals surface area contributed by atoms with Crippen molar-refractivity contribution >= 4 is 23.5 Å². The maximum Gasteiger partial charge on any atom is 0.269 e. The molecule has 180 valence electrons. The van der Waals surface area contributed by atoms with E-state index >= 15 is 0 Å². The van der Waals surface area contributed by atoms with Crippen LogP contribution in [-0.4, -0.2) is 51.9 Å². The molecule has 8 nitrogen and oxygen atoms in total. The number of hydrogen-bond donors (Lipinski definition) is 0. The molecule has 3 aromatic rings. The van der Waals surface area contributed by atoms with Crippen LogP contribution in [0.4, 0.5) is 15.9 Å². The van der Waals surface area contributed by atoms with Crippen LogP contribution in [0.25, 0.3) is 6.08 Å². The van der Waals surface area contributed by atoms with Crippen LogP contribution in [0.15, 0.2) is 54.6 Å². The number of aromatic nitrogens is 2. The summed E-state index contributed by atoms with van der Waals surface area (Å²) in [5.74, 6) is 1.11. The lowest BCUT2D eigenvalue weighted by molar-refractivity contribution is -0.384. The molecule has 0 bridgehead atoms. The van der Waals surface area contributed by atoms with E-state index in [1.165, 1.54) is 30.3 Å². The van der Waals surface area contributed by atoms with Gasteiger partial charge in [0.05, 0.1) is 4.92 Å². The third-order valence-electron chi connectivity index (χ3n) is 5.99. The summed E-state index contributed by atoms with van der Waals surface area (Å²) >= 11 is 0. The molecule has 0 N–H and O–H groups in total. The number of amides is 1. The highest BCUT2D eigenvalue weighted by atomic mass is 19.1. The Labute approximate surface area is 202 Å². The van der Waals surface area contributed by atoms with E-state index in [2.05, 4.69) is 9.88 Å². The topological polar surface area (TPSA) is 92.5 Å². The van der Waals surface area contributed by atoms with Crippen molar-refractivity contribution in [1.29, 1.82) is 0 Å². The van der Waals surface area contributed by atoms with Crippen LogP contribution >= 0.6 is 0 Å². The Morgan fingerprint density at radius 3 is 2.46 bits per heavy atom. The van der Waals surface area contributed by atoms with E-state index in [1.54, 1.807) is 29.2 Å². The zero-order chi connectivity index (χ0) is 24.9. The lowest BCUT2D eigenvalue weighted by atomic mass is 10.0. The Kier molecular flexibility index (Phi) is 7.14. The summed E-state index contributed by atoms with van der Waals surface area (Å²) in [6, 6.07) is 12.6. The summed E-state index contributed by atoms with van der Waals surface area (Å²) in [4.78, 5) is 36.1. The third-order valence-corrected chi connectivity index (χ3v) is 5.99. The molecule has 1 aliphatic rings. The van der Waals surface area contributed by atoms with E-state index in [4.69, 9.17) is 4.98 Å². The van der Waals surface area contributed by atoms with E-state index in [-0.39, 0.29) is 17.4 Å². The molecule has 0 radical (unpaired) electrons. The molecule has 9 heteroatoms. The smallest absolute Gasteiger partial charge is 0.269 e. The SMILES string of the molecule is Cc1nc(C)c(Cc2cccc(F)c2)c(N2CCN(C(=O)C=Cc3ccc([N+](=O)[O-])cc3)CC2)n1. The predicted molar refractivity (Wildman–Crippen MR) is 132 cm³/mol. The zero-order valence-corrected chi connectivity index (χ0v) is 19.6. The molecule has 1 amide bonds. The number of nitrogens with zero attached hydrogens (tertiary/aromatic N) is 5. The molecular weight excluding hydrogens is 449 g/mol. The molecule has 0 saturated carbocycles. The number of hydrogen-bond acceptors (Lipinski definition) is 6. The minimum absolute atomic E-state index is 0.0107. The van der Waals surface area contributed by atoms with Gasteiger partial charge >= 0.3 is 0 Å². The van der Waals surface area contributed by atoms with Gasteiger partial charge in [0.1, 0.15) is 17.5 Å². The summed E-state index contributed by atoms with van der Waals surface area (Å²) < 4.78 is 13.7. The van der Waals surface area contributed by atoms with Crippen LogP contribution in [0.5, 0.6) is 0 Å². The van der Waals surface area contributed by atoms with Gasteiger partial charge in [0.15, 0.2) is 0 Å². The van der Waals surface area contributed by atoms with Gasteiger partial charge in [-0.25, -0.2) is 14.4 Å². The molecule has 0 atom stereocenters. The van der Waals surface area contributed by atoms with Crippen LogP contribution in [0.2, 0.25) is 0 Å². The molecule has 4 rings (SSSR count). The van der Waals surface area contributed by atoms with Gasteiger partial charge in [-0.15, -0.1) is 0 Å². The second-order valence-electron chi connectivity index (χ2n) is 8.46. The molecule has 0 spiro atoms. The number of benzene rings is 2. The Balaban J connectivity index is 1.43. The fraction of sp³-hybridized carbons (Fsp3) is 0.269. The molecule has 1 saturated heterocycles. The van der Waals surface area contributed by atoms with Gasteiger partial charge in [-0.2, -0.15) is 0 Å². The van der Waals surface area contributed by atoms with Crippen molar-refractivity contribution in [2.45, 2.75) is 20.3 Å². The van der Waals surface area contributed by atoms with E-state index in [0.29, 0.717) is 38.4 Å². The number of anilines is 1. The number of non-ortho nitro benzene ring substituents is 1. The standard InChI is InChI=1S/C26H26FN5O3/c1-18-24(17-21-4-3-5-22(27)16-21)26(29-19(2)28-18)31-14-12-30(13-15-31)25(33)11-8-20-6-9-23(10-7-20)32(34)35/h3-11,16H,12-15,17H2,1-2H3. The van der Waals surface area contributed by atoms with E-state index in [1.807, 2.05) is 19.9 Å². The Morgan fingerprint density at radius 1 is 1.09 bits per heavy atom. The Hall–Kier alpha value is -4.14. The summed E-state index contributed by atoms with van der Waals surface area (Å²) in [5.41, 5.74) is 3.40. The molecular formula is C26H26FN5O3. The highest BCUT2D eigenvalue weighted by molar-refractivity contribution is 5.92. The molecule has 2 heterocycles. The minimum Gasteiger partial charge on any atom is -0.353 e. The molecule has 0 unspecified atom stereocenters. The van der Waals surface area contributed by atoms with Crippen LogP contribution in [0.1, 0.15) is 28.2 Å². The van der Waals surface area contributed by atoms with Gasteiger partial charge in [-0.05, 0) is 55.3 Å². The van der Waals surface area contributed by atoms with Gasteiger partial charge in [0.2, 0.25) is 5.91 Å². The number of nitro benzene ring substituents is 1. The fourth-order valence-electron chi connectivity index (χ4n) is 4.16. The van der Waals surface area contributed by atoms with Gasteiger partial charge in [-0.3, -0.25) is 14.9 Å². The molecule has 2 aromatic carbocycles. The number of carbonyl (C=O) groups excluding carboxylic acids is 1. The summed E-state index contributed by atoms with van der Waals surface area (Å²) in [6.07, 6.45) is 3.67. The lowest BCUT2D eigenvalue weighted by Gasteiger charge is -2.36. The average molecular weight is 476 g/mol. The van der Waals surface area contributed by atoms with Crippen LogP contribution in [0, 0.1) is 29.8 Å². The quantitative estimate of drug-likeness (QED) is 0.303. The third kappa shape index (κ3) is 5.87. The van der Waals surface area contributed by atoms with Gasteiger partial charge in [0, 0.05) is 62.1 Å². The van der Waals surface area contributed by atoms with Gasteiger partial charge in [-0.1, -0.05) is 12.1 Å². The summed E-state index contributed by atoms with van der Waals surface area (Å²) in [5, 5.41) is 10.8. The number of rotatable bonds is 6. The number of piperazine rings is 1. The maximum atomic E-state index is 13.7. The number of aryl methyl sites for hydroxylation is 2. The molecule has 1 aromatic heterocycles. The largest absolute Gasteiger partial charge is 0.353 e.